The van der Waals surface area contributed by atoms with Crippen molar-refractivity contribution in [1.29, 1.82) is 0 Å². The van der Waals surface area contributed by atoms with Gasteiger partial charge in [0, 0.05) is 12.3 Å². The van der Waals surface area contributed by atoms with Gasteiger partial charge in [-0.05, 0) is 24.0 Å². The summed E-state index contributed by atoms with van der Waals surface area (Å²) in [6.45, 7) is 0. The zero-order chi connectivity index (χ0) is 15.1. The predicted octanol–water partition coefficient (Wildman–Crippen LogP) is 3.64. The van der Waals surface area contributed by atoms with Crippen LogP contribution < -0.4 is 0 Å². The summed E-state index contributed by atoms with van der Waals surface area (Å²) in [7, 11) is 0. The fourth-order valence-electron chi connectivity index (χ4n) is 2.47. The van der Waals surface area contributed by atoms with E-state index >= 15 is 0 Å². The van der Waals surface area contributed by atoms with Crippen molar-refractivity contribution in [3.8, 4) is 0 Å². The Kier molecular flexibility index (Phi) is 5.27. The van der Waals surface area contributed by atoms with Crippen molar-refractivity contribution in [2.75, 3.05) is 0 Å². The van der Waals surface area contributed by atoms with E-state index in [2.05, 4.69) is 24.3 Å². The summed E-state index contributed by atoms with van der Waals surface area (Å²) in [5.74, 6) is -1.87. The molecular formula is C18H18O3. The summed E-state index contributed by atoms with van der Waals surface area (Å²) in [6, 6.07) is 20.2. The summed E-state index contributed by atoms with van der Waals surface area (Å²) in [4.78, 5) is 21.8. The quantitative estimate of drug-likeness (QED) is 0.789. The number of benzene rings is 2. The average molecular weight is 282 g/mol. The van der Waals surface area contributed by atoms with Gasteiger partial charge in [0.05, 0.1) is 0 Å². The normalized spacial score (nSPS) is 10.5. The zero-order valence-corrected chi connectivity index (χ0v) is 11.7. The SMILES string of the molecule is O=C(O)C(=O)CCCC(c1ccccc1)c1ccccc1. The molecule has 2 rings (SSSR count). The molecule has 0 heterocycles. The van der Waals surface area contributed by atoms with Crippen LogP contribution in [0.15, 0.2) is 60.7 Å². The van der Waals surface area contributed by atoms with Crippen LogP contribution in [-0.2, 0) is 9.59 Å². The largest absolute Gasteiger partial charge is 0.476 e. The lowest BCUT2D eigenvalue weighted by molar-refractivity contribution is -0.149. The van der Waals surface area contributed by atoms with Crippen molar-refractivity contribution in [3.05, 3.63) is 71.8 Å². The van der Waals surface area contributed by atoms with Crippen LogP contribution in [-0.4, -0.2) is 16.9 Å². The van der Waals surface area contributed by atoms with E-state index in [9.17, 15) is 9.59 Å². The highest BCUT2D eigenvalue weighted by Crippen LogP contribution is 2.29. The topological polar surface area (TPSA) is 54.4 Å². The van der Waals surface area contributed by atoms with Gasteiger partial charge in [-0.3, -0.25) is 4.79 Å². The lowest BCUT2D eigenvalue weighted by atomic mass is 9.87. The molecule has 0 amide bonds. The van der Waals surface area contributed by atoms with Gasteiger partial charge < -0.3 is 5.11 Å². The van der Waals surface area contributed by atoms with Crippen LogP contribution in [0.1, 0.15) is 36.3 Å². The number of carbonyl (C=O) groups is 2. The van der Waals surface area contributed by atoms with Gasteiger partial charge in [0.25, 0.3) is 0 Å². The Morgan fingerprint density at radius 2 is 1.33 bits per heavy atom. The molecule has 0 saturated carbocycles. The number of carboxylic acids is 1. The minimum Gasteiger partial charge on any atom is -0.476 e. The highest BCUT2D eigenvalue weighted by atomic mass is 16.4. The molecule has 0 aliphatic rings. The third-order valence-corrected chi connectivity index (χ3v) is 3.54. The van der Waals surface area contributed by atoms with Crippen molar-refractivity contribution < 1.29 is 14.7 Å². The number of hydrogen-bond acceptors (Lipinski definition) is 2. The van der Waals surface area contributed by atoms with Gasteiger partial charge in [-0.25, -0.2) is 4.79 Å². The molecule has 0 spiro atoms. The van der Waals surface area contributed by atoms with Gasteiger partial charge in [0.15, 0.2) is 0 Å². The van der Waals surface area contributed by atoms with Crippen LogP contribution >= 0.6 is 0 Å². The van der Waals surface area contributed by atoms with E-state index in [1.807, 2.05) is 36.4 Å². The molecule has 108 valence electrons. The molecule has 2 aromatic rings. The Hall–Kier alpha value is -2.42. The van der Waals surface area contributed by atoms with Crippen molar-refractivity contribution in [2.24, 2.45) is 0 Å². The van der Waals surface area contributed by atoms with Gasteiger partial charge in [0.1, 0.15) is 0 Å². The average Bonchev–Trinajstić information content (AvgIpc) is 2.53. The third kappa shape index (κ3) is 4.28. The highest BCUT2D eigenvalue weighted by Gasteiger charge is 2.16. The Morgan fingerprint density at radius 3 is 1.76 bits per heavy atom. The number of carbonyl (C=O) groups excluding carboxylic acids is 1. The van der Waals surface area contributed by atoms with E-state index in [1.165, 1.54) is 11.1 Å². The molecule has 0 unspecified atom stereocenters. The Morgan fingerprint density at radius 1 is 0.857 bits per heavy atom. The Bertz CT molecular complexity index is 551. The smallest absolute Gasteiger partial charge is 0.372 e. The molecule has 0 aliphatic carbocycles. The fourth-order valence-corrected chi connectivity index (χ4v) is 2.47. The van der Waals surface area contributed by atoms with Crippen molar-refractivity contribution in [1.82, 2.24) is 0 Å². The first kappa shape index (κ1) is 15.0. The van der Waals surface area contributed by atoms with Gasteiger partial charge in [-0.2, -0.15) is 0 Å². The predicted molar refractivity (Wildman–Crippen MR) is 81.2 cm³/mol. The third-order valence-electron chi connectivity index (χ3n) is 3.54. The van der Waals surface area contributed by atoms with Gasteiger partial charge in [-0.15, -0.1) is 0 Å². The minimum atomic E-state index is -1.34. The van der Waals surface area contributed by atoms with Gasteiger partial charge >= 0.3 is 5.97 Å². The maximum Gasteiger partial charge on any atom is 0.372 e. The number of ketones is 1. The molecule has 1 N–H and O–H groups in total. The van der Waals surface area contributed by atoms with E-state index in [0.29, 0.717) is 6.42 Å². The fraction of sp³-hybridized carbons (Fsp3) is 0.222. The second-order valence-electron chi connectivity index (χ2n) is 4.99. The van der Waals surface area contributed by atoms with Gasteiger partial charge in [0.2, 0.25) is 5.78 Å². The number of hydrogen-bond donors (Lipinski definition) is 1. The van der Waals surface area contributed by atoms with Crippen LogP contribution in [0, 0.1) is 0 Å². The summed E-state index contributed by atoms with van der Waals surface area (Å²) in [5, 5.41) is 8.63. The molecular weight excluding hydrogens is 264 g/mol. The Labute approximate surface area is 124 Å². The van der Waals surface area contributed by atoms with Crippen molar-refractivity contribution in [3.63, 3.8) is 0 Å². The van der Waals surface area contributed by atoms with E-state index in [0.717, 1.165) is 6.42 Å². The molecule has 0 atom stereocenters. The minimum absolute atomic E-state index is 0.0888. The first-order valence-corrected chi connectivity index (χ1v) is 7.04. The van der Waals surface area contributed by atoms with Crippen molar-refractivity contribution >= 4 is 11.8 Å². The number of aliphatic carboxylic acids is 1. The second kappa shape index (κ2) is 7.39. The summed E-state index contributed by atoms with van der Waals surface area (Å²) in [5.41, 5.74) is 2.37. The van der Waals surface area contributed by atoms with Gasteiger partial charge in [-0.1, -0.05) is 60.7 Å². The summed E-state index contributed by atoms with van der Waals surface area (Å²) < 4.78 is 0. The van der Waals surface area contributed by atoms with Crippen LogP contribution in [0.4, 0.5) is 0 Å². The molecule has 3 heteroatoms. The van der Waals surface area contributed by atoms with E-state index < -0.39 is 11.8 Å². The maximum absolute atomic E-state index is 11.2. The molecule has 21 heavy (non-hydrogen) atoms. The van der Waals surface area contributed by atoms with Crippen LogP contribution in [0.3, 0.4) is 0 Å². The molecule has 0 fully saturated rings. The first-order valence-electron chi connectivity index (χ1n) is 7.04. The molecule has 0 saturated heterocycles. The number of Topliss-reactive ketones (excluding diaryl/α,β-unsaturated/α-hetero) is 1. The van der Waals surface area contributed by atoms with Crippen molar-refractivity contribution in [2.45, 2.75) is 25.2 Å². The number of carboxylic acid groups (broad SMARTS) is 1. The lowest BCUT2D eigenvalue weighted by Crippen LogP contribution is -2.12. The van der Waals surface area contributed by atoms with Crippen LogP contribution in [0.25, 0.3) is 0 Å². The summed E-state index contributed by atoms with van der Waals surface area (Å²) in [6.07, 6.45) is 1.41. The molecule has 0 bridgehead atoms. The van der Waals surface area contributed by atoms with E-state index in [4.69, 9.17) is 5.11 Å². The molecule has 0 aliphatic heterocycles. The van der Waals surface area contributed by atoms with Crippen LogP contribution in [0.2, 0.25) is 0 Å². The molecule has 2 aromatic carbocycles. The number of rotatable bonds is 7. The maximum atomic E-state index is 11.2. The van der Waals surface area contributed by atoms with Crippen LogP contribution in [0.5, 0.6) is 0 Å². The highest BCUT2D eigenvalue weighted by molar-refractivity contribution is 6.32. The monoisotopic (exact) mass is 282 g/mol. The zero-order valence-electron chi connectivity index (χ0n) is 11.7. The Balaban J connectivity index is 2.10. The summed E-state index contributed by atoms with van der Waals surface area (Å²) >= 11 is 0. The lowest BCUT2D eigenvalue weighted by Gasteiger charge is -2.17. The van der Waals surface area contributed by atoms with E-state index in [-0.39, 0.29) is 12.3 Å². The molecule has 0 aromatic heterocycles. The second-order valence-corrected chi connectivity index (χ2v) is 4.99. The molecule has 3 nitrogen and oxygen atoms in total. The van der Waals surface area contributed by atoms with E-state index in [1.54, 1.807) is 0 Å². The first-order chi connectivity index (χ1) is 10.2. The standard InChI is InChI=1S/C18H18O3/c19-17(18(20)21)13-7-12-16(14-8-3-1-4-9-14)15-10-5-2-6-11-15/h1-6,8-11,16H,7,12-13H2,(H,20,21). The molecule has 0 radical (unpaired) electrons.